The van der Waals surface area contributed by atoms with E-state index in [0.717, 1.165) is 16.8 Å². The summed E-state index contributed by atoms with van der Waals surface area (Å²) in [5, 5.41) is 9.30. The number of hydrogen-bond acceptors (Lipinski definition) is 7. The van der Waals surface area contributed by atoms with Crippen LogP contribution in [0.4, 0.5) is 9.93 Å². The molecule has 10 heteroatoms. The lowest BCUT2D eigenvalue weighted by Crippen LogP contribution is -2.30. The van der Waals surface area contributed by atoms with E-state index >= 15 is 0 Å². The maximum absolute atomic E-state index is 12.0. The Labute approximate surface area is 170 Å². The van der Waals surface area contributed by atoms with Gasteiger partial charge in [-0.25, -0.2) is 9.78 Å². The minimum absolute atomic E-state index is 0.0974. The van der Waals surface area contributed by atoms with Crippen molar-refractivity contribution in [3.05, 3.63) is 34.7 Å². The molecule has 0 radical (unpaired) electrons. The molecule has 1 atom stereocenters. The van der Waals surface area contributed by atoms with E-state index in [1.54, 1.807) is 0 Å². The van der Waals surface area contributed by atoms with E-state index in [9.17, 15) is 19.2 Å². The normalized spacial score (nSPS) is 15.6. The van der Waals surface area contributed by atoms with Gasteiger partial charge in [0.05, 0.1) is 5.69 Å². The summed E-state index contributed by atoms with van der Waals surface area (Å²) in [6, 6.07) is 4.67. The second-order valence-corrected chi connectivity index (χ2v) is 7.46. The fourth-order valence-electron chi connectivity index (χ4n) is 2.66. The third kappa shape index (κ3) is 5.38. The van der Waals surface area contributed by atoms with Crippen molar-refractivity contribution < 1.29 is 23.9 Å². The second-order valence-electron chi connectivity index (χ2n) is 6.60. The Morgan fingerprint density at radius 3 is 2.72 bits per heavy atom. The van der Waals surface area contributed by atoms with E-state index in [-0.39, 0.29) is 12.8 Å². The van der Waals surface area contributed by atoms with Crippen molar-refractivity contribution in [2.75, 3.05) is 11.9 Å². The summed E-state index contributed by atoms with van der Waals surface area (Å²) in [7, 11) is 0. The zero-order valence-electron chi connectivity index (χ0n) is 15.9. The lowest BCUT2D eigenvalue weighted by molar-refractivity contribution is -0.147. The van der Waals surface area contributed by atoms with Crippen LogP contribution in [-0.2, 0) is 19.1 Å². The Morgan fingerprint density at radius 1 is 1.24 bits per heavy atom. The van der Waals surface area contributed by atoms with Crippen LogP contribution in [0, 0.1) is 13.8 Å². The Hall–Kier alpha value is -3.27. The van der Waals surface area contributed by atoms with E-state index in [2.05, 4.69) is 20.9 Å². The summed E-state index contributed by atoms with van der Waals surface area (Å²) in [5.41, 5.74) is 4.06. The second kappa shape index (κ2) is 8.82. The number of anilines is 1. The number of carbonyl (C=O) groups is 4. The van der Waals surface area contributed by atoms with Gasteiger partial charge in [0.15, 0.2) is 11.7 Å². The minimum atomic E-state index is -0.761. The SMILES string of the molecule is Cc1ccc(-c2csc(NC(=O)COC(=O)CC[C@@H]3NC(=O)NC3=O)n2)cc1C. The van der Waals surface area contributed by atoms with Gasteiger partial charge in [-0.1, -0.05) is 12.1 Å². The number of imide groups is 1. The highest BCUT2D eigenvalue weighted by Crippen LogP contribution is 2.26. The predicted molar refractivity (Wildman–Crippen MR) is 106 cm³/mol. The standard InChI is InChI=1S/C19H20N4O5S/c1-10-3-4-12(7-11(10)2)14-9-29-19(21-14)22-15(24)8-28-16(25)6-5-13-17(26)23-18(27)20-13/h3-4,7,9,13H,5-6,8H2,1-2H3,(H,21,22,24)(H2,20,23,26,27)/t13-/m0/s1. The number of nitrogens with one attached hydrogen (secondary N) is 3. The van der Waals surface area contributed by atoms with Crippen LogP contribution in [-0.4, -0.2) is 41.4 Å². The third-order valence-electron chi connectivity index (χ3n) is 4.41. The van der Waals surface area contributed by atoms with E-state index in [4.69, 9.17) is 4.74 Å². The predicted octanol–water partition coefficient (Wildman–Crippen LogP) is 1.90. The molecule has 2 aromatic rings. The van der Waals surface area contributed by atoms with Crippen LogP contribution in [0.2, 0.25) is 0 Å². The van der Waals surface area contributed by atoms with Crippen LogP contribution >= 0.6 is 11.3 Å². The molecule has 3 rings (SSSR count). The number of hydrogen-bond donors (Lipinski definition) is 3. The number of carbonyl (C=O) groups excluding carboxylic acids is 4. The molecule has 1 saturated heterocycles. The number of ether oxygens (including phenoxy) is 1. The highest BCUT2D eigenvalue weighted by Gasteiger charge is 2.29. The molecule has 29 heavy (non-hydrogen) atoms. The monoisotopic (exact) mass is 416 g/mol. The fourth-order valence-corrected chi connectivity index (χ4v) is 3.40. The van der Waals surface area contributed by atoms with Crippen molar-refractivity contribution in [2.24, 2.45) is 0 Å². The van der Waals surface area contributed by atoms with Crippen LogP contribution in [0.25, 0.3) is 11.3 Å². The zero-order valence-corrected chi connectivity index (χ0v) is 16.7. The lowest BCUT2D eigenvalue weighted by Gasteiger charge is -2.07. The van der Waals surface area contributed by atoms with Crippen molar-refractivity contribution in [1.82, 2.24) is 15.6 Å². The smallest absolute Gasteiger partial charge is 0.322 e. The molecule has 1 fully saturated rings. The zero-order chi connectivity index (χ0) is 21.0. The van der Waals surface area contributed by atoms with Gasteiger partial charge in [0.1, 0.15) is 6.04 Å². The molecule has 1 aliphatic heterocycles. The van der Waals surface area contributed by atoms with Gasteiger partial charge in [0.25, 0.3) is 11.8 Å². The molecule has 1 aromatic carbocycles. The van der Waals surface area contributed by atoms with Crippen molar-refractivity contribution in [1.29, 1.82) is 0 Å². The van der Waals surface area contributed by atoms with Gasteiger partial charge in [-0.3, -0.25) is 25.0 Å². The number of benzene rings is 1. The topological polar surface area (TPSA) is 126 Å². The maximum Gasteiger partial charge on any atom is 0.322 e. The molecular formula is C19H20N4O5S. The molecule has 152 valence electrons. The lowest BCUT2D eigenvalue weighted by atomic mass is 10.1. The molecule has 0 unspecified atom stereocenters. The first-order valence-electron chi connectivity index (χ1n) is 8.92. The minimum Gasteiger partial charge on any atom is -0.456 e. The number of urea groups is 1. The molecule has 1 aromatic heterocycles. The highest BCUT2D eigenvalue weighted by molar-refractivity contribution is 7.14. The van der Waals surface area contributed by atoms with E-state index < -0.39 is 36.5 Å². The highest BCUT2D eigenvalue weighted by atomic mass is 32.1. The largest absolute Gasteiger partial charge is 0.456 e. The molecule has 3 N–H and O–H groups in total. The third-order valence-corrected chi connectivity index (χ3v) is 5.17. The molecule has 4 amide bonds. The van der Waals surface area contributed by atoms with Gasteiger partial charge in [0.2, 0.25) is 0 Å². The summed E-state index contributed by atoms with van der Waals surface area (Å²) >= 11 is 1.28. The molecular weight excluding hydrogens is 396 g/mol. The maximum atomic E-state index is 12.0. The number of aromatic nitrogens is 1. The van der Waals surface area contributed by atoms with E-state index in [1.165, 1.54) is 16.9 Å². The Kier molecular flexibility index (Phi) is 6.23. The van der Waals surface area contributed by atoms with E-state index in [1.807, 2.05) is 37.4 Å². The van der Waals surface area contributed by atoms with Crippen LogP contribution in [0.3, 0.4) is 0 Å². The van der Waals surface area contributed by atoms with Crippen LogP contribution in [0.5, 0.6) is 0 Å². The number of esters is 1. The average molecular weight is 416 g/mol. The number of aryl methyl sites for hydroxylation is 2. The Balaban J connectivity index is 1.44. The summed E-state index contributed by atoms with van der Waals surface area (Å²) < 4.78 is 4.90. The van der Waals surface area contributed by atoms with Crippen molar-refractivity contribution >= 4 is 40.3 Å². The van der Waals surface area contributed by atoms with Crippen LogP contribution < -0.4 is 16.0 Å². The first-order valence-corrected chi connectivity index (χ1v) is 9.80. The summed E-state index contributed by atoms with van der Waals surface area (Å²) in [5.74, 6) is -1.63. The Bertz CT molecular complexity index is 971. The molecule has 0 aliphatic carbocycles. The van der Waals surface area contributed by atoms with Gasteiger partial charge in [-0.05, 0) is 37.5 Å². The molecule has 0 spiro atoms. The number of rotatable bonds is 7. The van der Waals surface area contributed by atoms with Crippen LogP contribution in [0.15, 0.2) is 23.6 Å². The molecule has 0 bridgehead atoms. The number of amides is 4. The fraction of sp³-hybridized carbons (Fsp3) is 0.316. The van der Waals surface area contributed by atoms with Crippen molar-refractivity contribution in [2.45, 2.75) is 32.7 Å². The first kappa shape index (κ1) is 20.5. The summed E-state index contributed by atoms with van der Waals surface area (Å²) in [6.07, 6.45) is 0.00363. The first-order chi connectivity index (χ1) is 13.8. The number of thiazole rings is 1. The molecule has 9 nitrogen and oxygen atoms in total. The summed E-state index contributed by atoms with van der Waals surface area (Å²) in [6.45, 7) is 3.60. The van der Waals surface area contributed by atoms with Crippen LogP contribution in [0.1, 0.15) is 24.0 Å². The van der Waals surface area contributed by atoms with Gasteiger partial charge in [0, 0.05) is 17.4 Å². The van der Waals surface area contributed by atoms with Gasteiger partial charge in [-0.15, -0.1) is 11.3 Å². The molecule has 2 heterocycles. The van der Waals surface area contributed by atoms with Gasteiger partial charge >= 0.3 is 12.0 Å². The molecule has 1 aliphatic rings. The average Bonchev–Trinajstić information content (AvgIpc) is 3.26. The summed E-state index contributed by atoms with van der Waals surface area (Å²) in [4.78, 5) is 50.5. The Morgan fingerprint density at radius 2 is 2.03 bits per heavy atom. The van der Waals surface area contributed by atoms with Gasteiger partial charge in [-0.2, -0.15) is 0 Å². The van der Waals surface area contributed by atoms with Crippen molar-refractivity contribution in [3.8, 4) is 11.3 Å². The van der Waals surface area contributed by atoms with Crippen molar-refractivity contribution in [3.63, 3.8) is 0 Å². The quantitative estimate of drug-likeness (QED) is 0.467. The number of nitrogens with zero attached hydrogens (tertiary/aromatic N) is 1. The molecule has 0 saturated carbocycles. The van der Waals surface area contributed by atoms with E-state index in [0.29, 0.717) is 5.13 Å². The van der Waals surface area contributed by atoms with Gasteiger partial charge < -0.3 is 10.1 Å².